The van der Waals surface area contributed by atoms with Gasteiger partial charge in [-0.2, -0.15) is 0 Å². The van der Waals surface area contributed by atoms with Crippen LogP contribution in [0.4, 0.5) is 0 Å². The molecular formula is C11H19N3O. The van der Waals surface area contributed by atoms with E-state index in [1.54, 1.807) is 13.3 Å². The molecule has 0 aliphatic heterocycles. The Balaban J connectivity index is 1.83. The predicted octanol–water partition coefficient (Wildman–Crippen LogP) is 1.31. The fourth-order valence-corrected chi connectivity index (χ4v) is 2.25. The molecule has 2 unspecified atom stereocenters. The molecule has 1 saturated carbocycles. The Hall–Kier alpha value is -0.870. The van der Waals surface area contributed by atoms with Crippen LogP contribution in [0.5, 0.6) is 0 Å². The minimum atomic E-state index is 0.224. The average Bonchev–Trinajstić information content (AvgIpc) is 2.69. The Morgan fingerprint density at radius 1 is 1.67 bits per heavy atom. The molecule has 0 spiro atoms. The van der Waals surface area contributed by atoms with E-state index < -0.39 is 0 Å². The minimum absolute atomic E-state index is 0.224. The zero-order valence-corrected chi connectivity index (χ0v) is 9.58. The van der Waals surface area contributed by atoms with E-state index in [9.17, 15) is 0 Å². The summed E-state index contributed by atoms with van der Waals surface area (Å²) in [5.74, 6) is 0.992. The van der Waals surface area contributed by atoms with Gasteiger partial charge in [-0.1, -0.05) is 13.8 Å². The molecule has 0 saturated heterocycles. The van der Waals surface area contributed by atoms with Crippen LogP contribution in [0.15, 0.2) is 12.4 Å². The van der Waals surface area contributed by atoms with E-state index in [1.807, 2.05) is 6.20 Å². The number of methoxy groups -OCH3 is 1. The summed E-state index contributed by atoms with van der Waals surface area (Å²) < 4.78 is 5.41. The van der Waals surface area contributed by atoms with Crippen molar-refractivity contribution in [1.82, 2.24) is 15.3 Å². The molecule has 1 aromatic rings. The molecule has 1 aliphatic carbocycles. The van der Waals surface area contributed by atoms with Crippen molar-refractivity contribution in [2.75, 3.05) is 7.11 Å². The second-order valence-electron chi connectivity index (χ2n) is 4.75. The van der Waals surface area contributed by atoms with Crippen molar-refractivity contribution in [2.45, 2.75) is 39.0 Å². The summed E-state index contributed by atoms with van der Waals surface area (Å²) in [5, 5.41) is 3.50. The summed E-state index contributed by atoms with van der Waals surface area (Å²) in [5.41, 5.74) is 0.224. The third-order valence-electron chi connectivity index (χ3n) is 3.53. The third kappa shape index (κ3) is 1.92. The first-order valence-electron chi connectivity index (χ1n) is 5.39. The quantitative estimate of drug-likeness (QED) is 0.786. The van der Waals surface area contributed by atoms with Gasteiger partial charge in [0, 0.05) is 31.0 Å². The van der Waals surface area contributed by atoms with Crippen molar-refractivity contribution in [3.8, 4) is 0 Å². The van der Waals surface area contributed by atoms with Gasteiger partial charge in [-0.3, -0.25) is 0 Å². The normalized spacial score (nSPS) is 28.7. The van der Waals surface area contributed by atoms with Gasteiger partial charge in [0.15, 0.2) is 0 Å². The Morgan fingerprint density at radius 3 is 3.00 bits per heavy atom. The molecule has 4 heteroatoms. The molecular weight excluding hydrogens is 190 g/mol. The van der Waals surface area contributed by atoms with Gasteiger partial charge in [-0.25, -0.2) is 4.98 Å². The highest BCUT2D eigenvalue weighted by Gasteiger charge is 2.48. The van der Waals surface area contributed by atoms with Crippen LogP contribution < -0.4 is 5.32 Å². The molecule has 84 valence electrons. The lowest BCUT2D eigenvalue weighted by molar-refractivity contribution is -0.0980. The number of aromatic nitrogens is 2. The summed E-state index contributed by atoms with van der Waals surface area (Å²) in [7, 11) is 1.79. The lowest BCUT2D eigenvalue weighted by Crippen LogP contribution is -2.60. The summed E-state index contributed by atoms with van der Waals surface area (Å²) in [6.45, 7) is 5.28. The summed E-state index contributed by atoms with van der Waals surface area (Å²) in [4.78, 5) is 7.27. The van der Waals surface area contributed by atoms with Gasteiger partial charge in [0.2, 0.25) is 0 Å². The van der Waals surface area contributed by atoms with Gasteiger partial charge in [0.05, 0.1) is 12.6 Å². The SMILES string of the molecule is COC1CC(NCc2ncc[nH]2)C1(C)C. The number of nitrogens with zero attached hydrogens (tertiary/aromatic N) is 1. The molecule has 2 atom stereocenters. The van der Waals surface area contributed by atoms with Crippen LogP contribution in [0.2, 0.25) is 0 Å². The van der Waals surface area contributed by atoms with Crippen LogP contribution in [-0.4, -0.2) is 29.2 Å². The molecule has 0 amide bonds. The zero-order chi connectivity index (χ0) is 10.9. The number of nitrogens with one attached hydrogen (secondary N) is 2. The lowest BCUT2D eigenvalue weighted by Gasteiger charge is -2.51. The van der Waals surface area contributed by atoms with Crippen molar-refractivity contribution in [1.29, 1.82) is 0 Å². The summed E-state index contributed by atoms with van der Waals surface area (Å²) >= 11 is 0. The number of hydrogen-bond donors (Lipinski definition) is 2. The highest BCUT2D eigenvalue weighted by Crippen LogP contribution is 2.42. The van der Waals surface area contributed by atoms with Crippen molar-refractivity contribution in [3.05, 3.63) is 18.2 Å². The monoisotopic (exact) mass is 209 g/mol. The van der Waals surface area contributed by atoms with E-state index >= 15 is 0 Å². The van der Waals surface area contributed by atoms with Crippen molar-refractivity contribution >= 4 is 0 Å². The number of imidazole rings is 1. The molecule has 2 rings (SSSR count). The van der Waals surface area contributed by atoms with Gasteiger partial charge in [0.25, 0.3) is 0 Å². The van der Waals surface area contributed by atoms with Gasteiger partial charge in [-0.15, -0.1) is 0 Å². The fraction of sp³-hybridized carbons (Fsp3) is 0.727. The minimum Gasteiger partial charge on any atom is -0.381 e. The van der Waals surface area contributed by atoms with Crippen LogP contribution in [-0.2, 0) is 11.3 Å². The first kappa shape index (κ1) is 10.6. The Bertz CT molecular complexity index is 308. The van der Waals surface area contributed by atoms with Crippen LogP contribution in [0.25, 0.3) is 0 Å². The van der Waals surface area contributed by atoms with E-state index in [4.69, 9.17) is 4.74 Å². The van der Waals surface area contributed by atoms with E-state index in [0.29, 0.717) is 12.1 Å². The van der Waals surface area contributed by atoms with E-state index in [-0.39, 0.29) is 5.41 Å². The maximum Gasteiger partial charge on any atom is 0.120 e. The van der Waals surface area contributed by atoms with Gasteiger partial charge in [0.1, 0.15) is 5.82 Å². The van der Waals surface area contributed by atoms with E-state index in [0.717, 1.165) is 18.8 Å². The summed E-state index contributed by atoms with van der Waals surface area (Å²) in [6.07, 6.45) is 5.10. The van der Waals surface area contributed by atoms with Crippen LogP contribution >= 0.6 is 0 Å². The zero-order valence-electron chi connectivity index (χ0n) is 9.58. The van der Waals surface area contributed by atoms with Crippen molar-refractivity contribution in [3.63, 3.8) is 0 Å². The van der Waals surface area contributed by atoms with Gasteiger partial charge >= 0.3 is 0 Å². The highest BCUT2D eigenvalue weighted by molar-refractivity contribution is 5.03. The van der Waals surface area contributed by atoms with Crippen molar-refractivity contribution in [2.24, 2.45) is 5.41 Å². The standard InChI is InChI=1S/C11H19N3O/c1-11(2)8(6-9(11)15-3)14-7-10-12-4-5-13-10/h4-5,8-9,14H,6-7H2,1-3H3,(H,12,13). The molecule has 2 N–H and O–H groups in total. The molecule has 4 nitrogen and oxygen atoms in total. The van der Waals surface area contributed by atoms with Gasteiger partial charge < -0.3 is 15.0 Å². The third-order valence-corrected chi connectivity index (χ3v) is 3.53. The van der Waals surface area contributed by atoms with Crippen LogP contribution in [0, 0.1) is 5.41 Å². The highest BCUT2D eigenvalue weighted by atomic mass is 16.5. The maximum absolute atomic E-state index is 5.41. The maximum atomic E-state index is 5.41. The molecule has 1 aliphatic rings. The average molecular weight is 209 g/mol. The first-order valence-corrected chi connectivity index (χ1v) is 5.39. The fourth-order valence-electron chi connectivity index (χ4n) is 2.25. The Labute approximate surface area is 90.4 Å². The van der Waals surface area contributed by atoms with Crippen LogP contribution in [0.3, 0.4) is 0 Å². The predicted molar refractivity (Wildman–Crippen MR) is 58.4 cm³/mol. The number of hydrogen-bond acceptors (Lipinski definition) is 3. The van der Waals surface area contributed by atoms with E-state index in [1.165, 1.54) is 0 Å². The Morgan fingerprint density at radius 2 is 2.47 bits per heavy atom. The molecule has 0 radical (unpaired) electrons. The first-order chi connectivity index (χ1) is 7.14. The molecule has 1 aromatic heterocycles. The number of ether oxygens (including phenoxy) is 1. The van der Waals surface area contributed by atoms with Crippen LogP contribution in [0.1, 0.15) is 26.1 Å². The lowest BCUT2D eigenvalue weighted by atomic mass is 9.64. The number of rotatable bonds is 4. The topological polar surface area (TPSA) is 49.9 Å². The van der Waals surface area contributed by atoms with Gasteiger partial charge in [-0.05, 0) is 6.42 Å². The molecule has 1 fully saturated rings. The molecule has 0 aromatic carbocycles. The van der Waals surface area contributed by atoms with Crippen molar-refractivity contribution < 1.29 is 4.74 Å². The number of H-pyrrole nitrogens is 1. The number of aromatic amines is 1. The molecule has 15 heavy (non-hydrogen) atoms. The molecule has 0 bridgehead atoms. The van der Waals surface area contributed by atoms with E-state index in [2.05, 4.69) is 29.1 Å². The summed E-state index contributed by atoms with van der Waals surface area (Å²) in [6, 6.07) is 0.521. The Kier molecular flexibility index (Phi) is 2.80. The largest absolute Gasteiger partial charge is 0.381 e. The second-order valence-corrected chi connectivity index (χ2v) is 4.75. The molecule has 1 heterocycles. The smallest absolute Gasteiger partial charge is 0.120 e. The second kappa shape index (κ2) is 3.94.